The van der Waals surface area contributed by atoms with Gasteiger partial charge in [-0.2, -0.15) is 5.10 Å². The van der Waals surface area contributed by atoms with Gasteiger partial charge in [-0.05, 0) is 57.2 Å². The molecule has 3 N–H and O–H groups in total. The van der Waals surface area contributed by atoms with Crippen LogP contribution in [0.1, 0.15) is 43.0 Å². The quantitative estimate of drug-likeness (QED) is 0.209. The lowest BCUT2D eigenvalue weighted by Gasteiger charge is -2.23. The number of aromatic nitrogens is 2. The van der Waals surface area contributed by atoms with Crippen molar-refractivity contribution in [3.63, 3.8) is 0 Å². The molecule has 6 nitrogen and oxygen atoms in total. The monoisotopic (exact) mass is 510 g/mol. The highest BCUT2D eigenvalue weighted by Gasteiger charge is 2.24. The predicted octanol–water partition coefficient (Wildman–Crippen LogP) is 3.49. The molecule has 0 bridgehead atoms. The summed E-state index contributed by atoms with van der Waals surface area (Å²) >= 11 is 0. The molecule has 1 atom stereocenters. The summed E-state index contributed by atoms with van der Waals surface area (Å²) < 4.78 is 0. The summed E-state index contributed by atoms with van der Waals surface area (Å²) in [6.45, 7) is 9.02. The van der Waals surface area contributed by atoms with Crippen LogP contribution in [0, 0.1) is 6.92 Å². The van der Waals surface area contributed by atoms with Crippen molar-refractivity contribution in [3.8, 4) is 0 Å². The van der Waals surface area contributed by atoms with E-state index in [0.29, 0.717) is 6.04 Å². The fourth-order valence-electron chi connectivity index (χ4n) is 3.78. The average molecular weight is 510 g/mol. The molecule has 0 spiro atoms. The molecule has 160 valence electrons. The first-order valence-corrected chi connectivity index (χ1v) is 10.5. The van der Waals surface area contributed by atoms with E-state index in [-0.39, 0.29) is 24.0 Å². The minimum atomic E-state index is 0. The summed E-state index contributed by atoms with van der Waals surface area (Å²) in [6, 6.07) is 11.3. The fraction of sp³-hybridized carbons (Fsp3) is 0.545. The van der Waals surface area contributed by atoms with Gasteiger partial charge < -0.3 is 10.6 Å². The first-order valence-electron chi connectivity index (χ1n) is 10.5. The second-order valence-electron chi connectivity index (χ2n) is 7.52. The lowest BCUT2D eigenvalue weighted by Crippen LogP contribution is -2.39. The van der Waals surface area contributed by atoms with Gasteiger partial charge in [-0.25, -0.2) is 0 Å². The van der Waals surface area contributed by atoms with Crippen molar-refractivity contribution in [3.05, 3.63) is 53.3 Å². The average Bonchev–Trinajstić information content (AvgIpc) is 3.32. The molecular formula is C22H35IN6. The van der Waals surface area contributed by atoms with Crippen LogP contribution in [0.25, 0.3) is 0 Å². The van der Waals surface area contributed by atoms with E-state index >= 15 is 0 Å². The molecule has 0 aliphatic carbocycles. The van der Waals surface area contributed by atoms with Crippen LogP contribution in [0.2, 0.25) is 0 Å². The first-order chi connectivity index (χ1) is 13.8. The molecule has 0 amide bonds. The topological polar surface area (TPSA) is 68.3 Å². The largest absolute Gasteiger partial charge is 0.357 e. The van der Waals surface area contributed by atoms with Gasteiger partial charge in [0, 0.05) is 31.4 Å². The maximum atomic E-state index is 4.87. The fourth-order valence-corrected chi connectivity index (χ4v) is 3.78. The molecule has 7 heteroatoms. The van der Waals surface area contributed by atoms with Crippen LogP contribution in [0.15, 0.2) is 41.5 Å². The van der Waals surface area contributed by atoms with Crippen molar-refractivity contribution in [1.82, 2.24) is 25.7 Å². The molecule has 29 heavy (non-hydrogen) atoms. The molecule has 1 aromatic heterocycles. The summed E-state index contributed by atoms with van der Waals surface area (Å²) in [4.78, 5) is 7.45. The van der Waals surface area contributed by atoms with Crippen LogP contribution in [-0.4, -0.2) is 53.3 Å². The normalized spacial score (nSPS) is 17.2. The number of guanidine groups is 1. The van der Waals surface area contributed by atoms with Gasteiger partial charge >= 0.3 is 0 Å². The second kappa shape index (κ2) is 12.8. The van der Waals surface area contributed by atoms with E-state index in [9.17, 15) is 0 Å². The molecule has 1 saturated heterocycles. The molecule has 0 saturated carbocycles. The summed E-state index contributed by atoms with van der Waals surface area (Å²) in [5.74, 6) is 0.929. The zero-order valence-electron chi connectivity index (χ0n) is 17.7. The smallest absolute Gasteiger partial charge is 0.191 e. The van der Waals surface area contributed by atoms with Gasteiger partial charge in [-0.3, -0.25) is 15.0 Å². The van der Waals surface area contributed by atoms with E-state index in [2.05, 4.69) is 69.9 Å². The number of aryl methyl sites for hydroxylation is 2. The van der Waals surface area contributed by atoms with Crippen molar-refractivity contribution < 1.29 is 0 Å². The van der Waals surface area contributed by atoms with Crippen molar-refractivity contribution in [1.29, 1.82) is 0 Å². The van der Waals surface area contributed by atoms with Crippen molar-refractivity contribution in [2.24, 2.45) is 4.99 Å². The Kier molecular flexibility index (Phi) is 10.5. The van der Waals surface area contributed by atoms with Gasteiger partial charge in [0.05, 0.1) is 12.7 Å². The predicted molar refractivity (Wildman–Crippen MR) is 131 cm³/mol. The number of aromatic amines is 1. The number of nitrogens with zero attached hydrogens (tertiary/aromatic N) is 3. The summed E-state index contributed by atoms with van der Waals surface area (Å²) in [6.07, 6.45) is 6.52. The van der Waals surface area contributed by atoms with Crippen molar-refractivity contribution >= 4 is 29.9 Å². The van der Waals surface area contributed by atoms with Gasteiger partial charge in [-0.15, -0.1) is 24.0 Å². The third-order valence-corrected chi connectivity index (χ3v) is 5.38. The van der Waals surface area contributed by atoms with Crippen LogP contribution < -0.4 is 10.6 Å². The lowest BCUT2D eigenvalue weighted by atomic mass is 10.1. The molecule has 1 aromatic carbocycles. The third kappa shape index (κ3) is 7.62. The number of hydrogen-bond acceptors (Lipinski definition) is 3. The number of aliphatic imine (C=N–C) groups is 1. The van der Waals surface area contributed by atoms with Crippen LogP contribution in [-0.2, 0) is 13.0 Å². The minimum Gasteiger partial charge on any atom is -0.357 e. The Hall–Kier alpha value is -1.61. The molecule has 0 radical (unpaired) electrons. The highest BCUT2D eigenvalue weighted by molar-refractivity contribution is 14.0. The first kappa shape index (κ1) is 23.7. The molecule has 1 aliphatic rings. The van der Waals surface area contributed by atoms with Crippen molar-refractivity contribution in [2.45, 2.75) is 52.1 Å². The van der Waals surface area contributed by atoms with E-state index < -0.39 is 0 Å². The summed E-state index contributed by atoms with van der Waals surface area (Å²) in [5.41, 5.74) is 3.85. The van der Waals surface area contributed by atoms with Gasteiger partial charge in [0.2, 0.25) is 0 Å². The summed E-state index contributed by atoms with van der Waals surface area (Å²) in [5, 5.41) is 13.9. The number of likely N-dealkylation sites (tertiary alicyclic amines) is 1. The number of halogens is 1. The Morgan fingerprint density at radius 2 is 2.10 bits per heavy atom. The van der Waals surface area contributed by atoms with Crippen LogP contribution in [0.4, 0.5) is 0 Å². The van der Waals surface area contributed by atoms with E-state index in [1.807, 2.05) is 6.20 Å². The van der Waals surface area contributed by atoms with Gasteiger partial charge in [0.1, 0.15) is 0 Å². The lowest BCUT2D eigenvalue weighted by molar-refractivity contribution is 0.250. The van der Waals surface area contributed by atoms with Gasteiger partial charge in [0.15, 0.2) is 5.96 Å². The van der Waals surface area contributed by atoms with Crippen LogP contribution >= 0.6 is 24.0 Å². The third-order valence-electron chi connectivity index (χ3n) is 5.38. The molecule has 1 fully saturated rings. The Labute approximate surface area is 192 Å². The highest BCUT2D eigenvalue weighted by atomic mass is 127. The zero-order valence-corrected chi connectivity index (χ0v) is 20.0. The Bertz CT molecular complexity index is 730. The minimum absolute atomic E-state index is 0. The van der Waals surface area contributed by atoms with Crippen LogP contribution in [0.3, 0.4) is 0 Å². The van der Waals surface area contributed by atoms with Crippen molar-refractivity contribution in [2.75, 3.05) is 26.2 Å². The van der Waals surface area contributed by atoms with Gasteiger partial charge in [-0.1, -0.05) is 30.3 Å². The number of H-pyrrole nitrogens is 1. The number of benzene rings is 1. The number of rotatable bonds is 9. The maximum Gasteiger partial charge on any atom is 0.191 e. The summed E-state index contributed by atoms with van der Waals surface area (Å²) in [7, 11) is 0. The Morgan fingerprint density at radius 3 is 2.83 bits per heavy atom. The van der Waals surface area contributed by atoms with E-state index in [1.165, 1.54) is 36.2 Å². The molecule has 2 heterocycles. The molecule has 2 aromatic rings. The maximum absolute atomic E-state index is 4.87. The zero-order chi connectivity index (χ0) is 19.6. The molecule has 1 unspecified atom stereocenters. The SMILES string of the molecule is CCNC(=NCC1CCCN1Cc1ccccc1)NCCCc1cn[nH]c1C.I. The Balaban J connectivity index is 0.00000300. The van der Waals surface area contributed by atoms with E-state index in [1.54, 1.807) is 0 Å². The Morgan fingerprint density at radius 1 is 1.28 bits per heavy atom. The highest BCUT2D eigenvalue weighted by Crippen LogP contribution is 2.20. The molecule has 1 aliphatic heterocycles. The molecular weight excluding hydrogens is 475 g/mol. The number of hydrogen-bond donors (Lipinski definition) is 3. The standard InChI is InChI=1S/C22H34N6.HI/c1-3-23-22(24-13-7-11-20-15-26-27-18(20)2)25-16-21-12-8-14-28(21)17-19-9-5-4-6-10-19;/h4-6,9-10,15,21H,3,7-8,11-14,16-17H2,1-2H3,(H,26,27)(H2,23,24,25);1H. The van der Waals surface area contributed by atoms with E-state index in [0.717, 1.165) is 45.0 Å². The van der Waals surface area contributed by atoms with Crippen LogP contribution in [0.5, 0.6) is 0 Å². The van der Waals surface area contributed by atoms with Gasteiger partial charge in [0.25, 0.3) is 0 Å². The van der Waals surface area contributed by atoms with E-state index in [4.69, 9.17) is 4.99 Å². The number of nitrogens with one attached hydrogen (secondary N) is 3. The second-order valence-corrected chi connectivity index (χ2v) is 7.52. The molecule has 3 rings (SSSR count).